The highest BCUT2D eigenvalue weighted by molar-refractivity contribution is 5.74. The lowest BCUT2D eigenvalue weighted by Crippen LogP contribution is -2.33. The molecule has 0 aromatic heterocycles. The van der Waals surface area contributed by atoms with Gasteiger partial charge in [-0.25, -0.2) is 0 Å². The van der Waals surface area contributed by atoms with Crippen LogP contribution in [-0.2, 0) is 0 Å². The Morgan fingerprint density at radius 1 is 0.971 bits per heavy atom. The molecule has 0 aliphatic carbocycles. The Balaban J connectivity index is 1.53. The molecule has 1 fully saturated rings. The molecule has 1 aliphatic rings. The van der Waals surface area contributed by atoms with E-state index in [1.165, 1.54) is 11.1 Å². The number of hydrogen-bond donors (Lipinski definition) is 3. The monoisotopic (exact) mass is 484 g/mol. The first-order valence-electron chi connectivity index (χ1n) is 13.0. The number of rotatable bonds is 14. The molecule has 0 radical (unpaired) electrons. The normalized spacial score (nSPS) is 16.6. The van der Waals surface area contributed by atoms with Gasteiger partial charge in [0.15, 0.2) is 0 Å². The molecule has 1 saturated heterocycles. The van der Waals surface area contributed by atoms with Crippen LogP contribution in [0.5, 0.6) is 11.5 Å². The quantitative estimate of drug-likeness (QED) is 0.349. The molecule has 6 nitrogen and oxygen atoms in total. The highest BCUT2D eigenvalue weighted by Crippen LogP contribution is 2.35. The van der Waals surface area contributed by atoms with Crippen molar-refractivity contribution >= 4 is 0 Å². The van der Waals surface area contributed by atoms with Gasteiger partial charge in [0.2, 0.25) is 0 Å². The van der Waals surface area contributed by atoms with E-state index in [1.54, 1.807) is 0 Å². The van der Waals surface area contributed by atoms with Crippen LogP contribution >= 0.6 is 0 Å². The average molecular weight is 485 g/mol. The van der Waals surface area contributed by atoms with Crippen LogP contribution in [0.2, 0.25) is 0 Å². The lowest BCUT2D eigenvalue weighted by Gasteiger charge is -2.22. The largest absolute Gasteiger partial charge is 0.493 e. The fraction of sp³-hybridized carbons (Fsp3) is 0.586. The van der Waals surface area contributed by atoms with Crippen molar-refractivity contribution in [3.63, 3.8) is 0 Å². The van der Waals surface area contributed by atoms with E-state index < -0.39 is 0 Å². The summed E-state index contributed by atoms with van der Waals surface area (Å²) in [5.41, 5.74) is 4.51. The van der Waals surface area contributed by atoms with Crippen molar-refractivity contribution in [2.24, 2.45) is 5.41 Å². The third-order valence-electron chi connectivity index (χ3n) is 6.77. The fourth-order valence-electron chi connectivity index (χ4n) is 4.47. The minimum atomic E-state index is -0.168. The number of benzene rings is 2. The predicted octanol–water partition coefficient (Wildman–Crippen LogP) is 4.18. The molecule has 35 heavy (non-hydrogen) atoms. The Bertz CT molecular complexity index is 931. The molecular weight excluding hydrogens is 440 g/mol. The molecule has 3 rings (SSSR count). The molecule has 3 N–H and O–H groups in total. The average Bonchev–Trinajstić information content (AvgIpc) is 3.26. The summed E-state index contributed by atoms with van der Waals surface area (Å²) in [6.45, 7) is 14.2. The van der Waals surface area contributed by atoms with E-state index in [1.807, 2.05) is 26.0 Å². The lowest BCUT2D eigenvalue weighted by atomic mass is 9.95. The number of nitrogens with one attached hydrogen (secondary N) is 1. The Morgan fingerprint density at radius 3 is 2.11 bits per heavy atom. The summed E-state index contributed by atoms with van der Waals surface area (Å²) in [4.78, 5) is 2.30. The van der Waals surface area contributed by atoms with Gasteiger partial charge in [-0.3, -0.25) is 0 Å². The molecule has 2 aromatic carbocycles. The molecule has 194 valence electrons. The van der Waals surface area contributed by atoms with Gasteiger partial charge in [0.05, 0.1) is 19.3 Å². The number of likely N-dealkylation sites (tertiary alicyclic amines) is 1. The van der Waals surface area contributed by atoms with Crippen LogP contribution in [-0.4, -0.2) is 73.8 Å². The fourth-order valence-corrected chi connectivity index (χ4v) is 4.47. The lowest BCUT2D eigenvalue weighted by molar-refractivity contribution is 0.156. The predicted molar refractivity (Wildman–Crippen MR) is 142 cm³/mol. The van der Waals surface area contributed by atoms with Crippen molar-refractivity contribution in [1.29, 1.82) is 0 Å². The standard InChI is InChI=1S/C29H44N2O4/c1-22-25(9-5-11-27(22)34-17-7-14-30-20-29(3,4)21-32)26-10-6-12-28(23(26)2)35-18-8-15-31-16-13-24(33)19-31/h5-6,9-12,24,30,32-33H,7-8,13-21H2,1-4H3/t24-/m1/s1. The number of β-amino-alcohol motifs (C(OH)–C–C–N with tert-alkyl or cyclic N) is 1. The molecule has 0 amide bonds. The summed E-state index contributed by atoms with van der Waals surface area (Å²) in [6.07, 6.45) is 2.57. The summed E-state index contributed by atoms with van der Waals surface area (Å²) < 4.78 is 12.3. The van der Waals surface area contributed by atoms with Gasteiger partial charge in [0.1, 0.15) is 11.5 Å². The second-order valence-corrected chi connectivity index (χ2v) is 10.5. The minimum Gasteiger partial charge on any atom is -0.493 e. The van der Waals surface area contributed by atoms with E-state index in [0.717, 1.165) is 74.6 Å². The van der Waals surface area contributed by atoms with Crippen molar-refractivity contribution in [1.82, 2.24) is 10.2 Å². The third kappa shape index (κ3) is 8.21. The minimum absolute atomic E-state index is 0.0979. The summed E-state index contributed by atoms with van der Waals surface area (Å²) in [7, 11) is 0. The first kappa shape index (κ1) is 27.5. The highest BCUT2D eigenvalue weighted by Gasteiger charge is 2.19. The van der Waals surface area contributed by atoms with Crippen molar-refractivity contribution in [2.75, 3.05) is 52.5 Å². The molecule has 6 heteroatoms. The summed E-state index contributed by atoms with van der Waals surface area (Å²) in [5.74, 6) is 1.84. The highest BCUT2D eigenvalue weighted by atomic mass is 16.5. The van der Waals surface area contributed by atoms with Gasteiger partial charge >= 0.3 is 0 Å². The second-order valence-electron chi connectivity index (χ2n) is 10.5. The van der Waals surface area contributed by atoms with Crippen LogP contribution in [0, 0.1) is 19.3 Å². The van der Waals surface area contributed by atoms with E-state index in [2.05, 4.69) is 48.3 Å². The summed E-state index contributed by atoms with van der Waals surface area (Å²) >= 11 is 0. The SMILES string of the molecule is Cc1c(OCCCNCC(C)(C)CO)cccc1-c1cccc(OCCCN2CC[C@@H](O)C2)c1C. The zero-order valence-corrected chi connectivity index (χ0v) is 22.0. The molecular formula is C29H44N2O4. The van der Waals surface area contributed by atoms with Crippen molar-refractivity contribution in [3.05, 3.63) is 47.5 Å². The van der Waals surface area contributed by atoms with Crippen LogP contribution in [0.15, 0.2) is 36.4 Å². The van der Waals surface area contributed by atoms with Gasteiger partial charge in [-0.05, 0) is 74.0 Å². The first-order valence-corrected chi connectivity index (χ1v) is 13.0. The number of nitrogens with zero attached hydrogens (tertiary/aromatic N) is 1. The van der Waals surface area contributed by atoms with Crippen molar-refractivity contribution in [2.45, 2.75) is 53.1 Å². The third-order valence-corrected chi connectivity index (χ3v) is 6.77. The van der Waals surface area contributed by atoms with Gasteiger partial charge in [-0.2, -0.15) is 0 Å². The Labute approximate surface area is 211 Å². The van der Waals surface area contributed by atoms with E-state index in [9.17, 15) is 10.2 Å². The topological polar surface area (TPSA) is 74.2 Å². The maximum Gasteiger partial charge on any atom is 0.122 e. The first-order chi connectivity index (χ1) is 16.8. The Morgan fingerprint density at radius 2 is 1.57 bits per heavy atom. The van der Waals surface area contributed by atoms with Crippen LogP contribution < -0.4 is 14.8 Å². The molecule has 0 unspecified atom stereocenters. The number of aliphatic hydroxyl groups is 2. The van der Waals surface area contributed by atoms with E-state index in [-0.39, 0.29) is 18.1 Å². The van der Waals surface area contributed by atoms with Crippen LogP contribution in [0.4, 0.5) is 0 Å². The summed E-state index contributed by atoms with van der Waals surface area (Å²) in [5, 5.41) is 22.4. The smallest absolute Gasteiger partial charge is 0.122 e. The van der Waals surface area contributed by atoms with Gasteiger partial charge < -0.3 is 29.9 Å². The number of hydrogen-bond acceptors (Lipinski definition) is 6. The van der Waals surface area contributed by atoms with Crippen LogP contribution in [0.25, 0.3) is 11.1 Å². The van der Waals surface area contributed by atoms with Gasteiger partial charge in [0, 0.05) is 38.2 Å². The van der Waals surface area contributed by atoms with Gasteiger partial charge in [-0.1, -0.05) is 38.1 Å². The maximum absolute atomic E-state index is 9.68. The van der Waals surface area contributed by atoms with Gasteiger partial charge in [0.25, 0.3) is 0 Å². The molecule has 2 aromatic rings. The second kappa shape index (κ2) is 13.3. The number of aliphatic hydroxyl groups excluding tert-OH is 2. The molecule has 1 aliphatic heterocycles. The van der Waals surface area contributed by atoms with Crippen LogP contribution in [0.3, 0.4) is 0 Å². The van der Waals surface area contributed by atoms with Crippen LogP contribution in [0.1, 0.15) is 44.2 Å². The zero-order valence-electron chi connectivity index (χ0n) is 22.0. The van der Waals surface area contributed by atoms with Crippen molar-refractivity contribution < 1.29 is 19.7 Å². The van der Waals surface area contributed by atoms with Crippen molar-refractivity contribution in [3.8, 4) is 22.6 Å². The molecule has 1 heterocycles. The molecule has 0 spiro atoms. The summed E-state index contributed by atoms with van der Waals surface area (Å²) in [6, 6.07) is 12.5. The molecule has 0 saturated carbocycles. The Kier molecular flexibility index (Phi) is 10.4. The maximum atomic E-state index is 9.68. The van der Waals surface area contributed by atoms with Gasteiger partial charge in [-0.15, -0.1) is 0 Å². The molecule has 0 bridgehead atoms. The molecule has 1 atom stereocenters. The number of ether oxygens (including phenoxy) is 2. The zero-order chi connectivity index (χ0) is 25.3. The van der Waals surface area contributed by atoms with E-state index in [0.29, 0.717) is 13.2 Å². The Hall–Kier alpha value is -2.12. The van der Waals surface area contributed by atoms with E-state index >= 15 is 0 Å². The van der Waals surface area contributed by atoms with E-state index in [4.69, 9.17) is 9.47 Å².